The van der Waals surface area contributed by atoms with Gasteiger partial charge in [-0.05, 0) is 55.0 Å². The van der Waals surface area contributed by atoms with E-state index < -0.39 is 6.04 Å². The number of halogens is 2. The summed E-state index contributed by atoms with van der Waals surface area (Å²) >= 11 is 12.8. The molecule has 2 amide bonds. The van der Waals surface area contributed by atoms with Crippen molar-refractivity contribution >= 4 is 35.0 Å². The number of carbonyl (C=O) groups is 2. The van der Waals surface area contributed by atoms with Crippen LogP contribution in [0, 0.1) is 0 Å². The minimum atomic E-state index is -0.680. The molecule has 0 spiro atoms. The van der Waals surface area contributed by atoms with Gasteiger partial charge >= 0.3 is 0 Å². The van der Waals surface area contributed by atoms with Gasteiger partial charge in [0.1, 0.15) is 11.8 Å². The maximum Gasteiger partial charge on any atom is 0.261 e. The van der Waals surface area contributed by atoms with Crippen molar-refractivity contribution in [3.05, 3.63) is 63.6 Å². The number of carbonyl (C=O) groups excluding carboxylic acids is 2. The Kier molecular flexibility index (Phi) is 10.3. The van der Waals surface area contributed by atoms with Crippen LogP contribution in [0.3, 0.4) is 0 Å². The lowest BCUT2D eigenvalue weighted by atomic mass is 9.87. The third-order valence-corrected chi connectivity index (χ3v) is 6.57. The fourth-order valence-corrected chi connectivity index (χ4v) is 4.01. The summed E-state index contributed by atoms with van der Waals surface area (Å²) in [6.45, 7) is 12.1. The molecule has 34 heavy (non-hydrogen) atoms. The first-order valence-corrected chi connectivity index (χ1v) is 12.5. The predicted molar refractivity (Wildman–Crippen MR) is 140 cm³/mol. The number of rotatable bonds is 10. The number of hydrogen-bond acceptors (Lipinski definition) is 3. The summed E-state index contributed by atoms with van der Waals surface area (Å²) in [4.78, 5) is 27.9. The van der Waals surface area contributed by atoms with Crippen molar-refractivity contribution in [3.8, 4) is 5.75 Å². The second kappa shape index (κ2) is 12.5. The highest BCUT2D eigenvalue weighted by Gasteiger charge is 2.30. The molecular weight excluding hydrogens is 471 g/mol. The molecule has 186 valence electrons. The van der Waals surface area contributed by atoms with Gasteiger partial charge in [-0.2, -0.15) is 0 Å². The van der Waals surface area contributed by atoms with Gasteiger partial charge < -0.3 is 15.0 Å². The van der Waals surface area contributed by atoms with E-state index in [0.29, 0.717) is 27.8 Å². The molecule has 0 heterocycles. The van der Waals surface area contributed by atoms with E-state index in [1.54, 1.807) is 18.2 Å². The van der Waals surface area contributed by atoms with Crippen molar-refractivity contribution in [2.24, 2.45) is 0 Å². The summed E-state index contributed by atoms with van der Waals surface area (Å²) in [7, 11) is 0. The maximum absolute atomic E-state index is 13.4. The van der Waals surface area contributed by atoms with Crippen LogP contribution in [0.25, 0.3) is 0 Å². The van der Waals surface area contributed by atoms with Crippen LogP contribution in [0.15, 0.2) is 42.5 Å². The van der Waals surface area contributed by atoms with Crippen molar-refractivity contribution in [2.45, 2.75) is 78.4 Å². The summed E-state index contributed by atoms with van der Waals surface area (Å²) in [6, 6.07) is 12.2. The molecule has 1 N–H and O–H groups in total. The largest absolute Gasteiger partial charge is 0.484 e. The minimum Gasteiger partial charge on any atom is -0.484 e. The first-order chi connectivity index (χ1) is 16.0. The number of amides is 2. The summed E-state index contributed by atoms with van der Waals surface area (Å²) in [5, 5.41) is 3.88. The van der Waals surface area contributed by atoms with Gasteiger partial charge in [0, 0.05) is 28.2 Å². The molecule has 0 aliphatic heterocycles. The molecular formula is C27H36Cl2N2O3. The van der Waals surface area contributed by atoms with E-state index in [1.807, 2.05) is 45.0 Å². The Bertz CT molecular complexity index is 951. The Labute approximate surface area is 213 Å². The number of benzene rings is 2. The first-order valence-electron chi connectivity index (χ1n) is 11.7. The Morgan fingerprint density at radius 1 is 1.00 bits per heavy atom. The van der Waals surface area contributed by atoms with E-state index >= 15 is 0 Å². The number of nitrogens with zero attached hydrogens (tertiary/aromatic N) is 1. The fourth-order valence-electron chi connectivity index (χ4n) is 3.49. The molecule has 0 saturated carbocycles. The zero-order chi connectivity index (χ0) is 25.5. The third-order valence-electron chi connectivity index (χ3n) is 5.86. The second-order valence-corrected chi connectivity index (χ2v) is 10.3. The zero-order valence-electron chi connectivity index (χ0n) is 21.0. The average molecular weight is 508 g/mol. The van der Waals surface area contributed by atoms with Gasteiger partial charge in [-0.3, -0.25) is 9.59 Å². The summed E-state index contributed by atoms with van der Waals surface area (Å²) in [5.41, 5.74) is 1.80. The van der Waals surface area contributed by atoms with Crippen LogP contribution >= 0.6 is 23.2 Å². The van der Waals surface area contributed by atoms with Gasteiger partial charge in [0.05, 0.1) is 0 Å². The minimum absolute atomic E-state index is 0.0000147. The molecule has 2 rings (SSSR count). The van der Waals surface area contributed by atoms with Gasteiger partial charge in [-0.15, -0.1) is 0 Å². The lowest BCUT2D eigenvalue weighted by Crippen LogP contribution is -2.51. The van der Waals surface area contributed by atoms with Crippen molar-refractivity contribution in [1.82, 2.24) is 10.2 Å². The van der Waals surface area contributed by atoms with E-state index in [0.717, 1.165) is 6.42 Å². The summed E-state index contributed by atoms with van der Waals surface area (Å²) in [5.74, 6) is 0.0686. The van der Waals surface area contributed by atoms with Crippen molar-refractivity contribution in [1.29, 1.82) is 0 Å². The van der Waals surface area contributed by atoms with Gasteiger partial charge in [0.25, 0.3) is 5.91 Å². The average Bonchev–Trinajstić information content (AvgIpc) is 2.78. The lowest BCUT2D eigenvalue weighted by Gasteiger charge is -2.32. The van der Waals surface area contributed by atoms with E-state index in [9.17, 15) is 9.59 Å². The van der Waals surface area contributed by atoms with Crippen LogP contribution in [-0.2, 0) is 21.5 Å². The molecule has 0 saturated heterocycles. The van der Waals surface area contributed by atoms with Crippen LogP contribution in [0.2, 0.25) is 10.0 Å². The molecule has 2 aromatic rings. The Morgan fingerprint density at radius 2 is 1.59 bits per heavy atom. The highest BCUT2D eigenvalue weighted by Crippen LogP contribution is 2.28. The second-order valence-electron chi connectivity index (χ2n) is 9.53. The molecule has 5 nitrogen and oxygen atoms in total. The maximum atomic E-state index is 13.4. The SMILES string of the molecule is CC[C@H](C)NC(=O)[C@H](CC)N(Cc1c(Cl)cccc1Cl)C(=O)COc1ccc(C(C)(C)C)cc1. The number of nitrogens with one attached hydrogen (secondary N) is 1. The highest BCUT2D eigenvalue weighted by molar-refractivity contribution is 6.36. The van der Waals surface area contributed by atoms with Crippen LogP contribution < -0.4 is 10.1 Å². The van der Waals surface area contributed by atoms with Crippen molar-refractivity contribution in [3.63, 3.8) is 0 Å². The van der Waals surface area contributed by atoms with E-state index in [4.69, 9.17) is 27.9 Å². The molecule has 0 radical (unpaired) electrons. The zero-order valence-corrected chi connectivity index (χ0v) is 22.5. The smallest absolute Gasteiger partial charge is 0.261 e. The molecule has 0 bridgehead atoms. The van der Waals surface area contributed by atoms with Gasteiger partial charge in [-0.1, -0.05) is 76.0 Å². The monoisotopic (exact) mass is 506 g/mol. The van der Waals surface area contributed by atoms with Gasteiger partial charge in [0.15, 0.2) is 6.61 Å². The van der Waals surface area contributed by atoms with E-state index in [-0.39, 0.29) is 36.4 Å². The predicted octanol–water partition coefficient (Wildman–Crippen LogP) is 6.39. The van der Waals surface area contributed by atoms with Gasteiger partial charge in [-0.25, -0.2) is 0 Å². The molecule has 0 aliphatic rings. The highest BCUT2D eigenvalue weighted by atomic mass is 35.5. The van der Waals surface area contributed by atoms with Crippen molar-refractivity contribution < 1.29 is 14.3 Å². The summed E-state index contributed by atoms with van der Waals surface area (Å²) < 4.78 is 5.80. The first kappa shape index (κ1) is 28.0. The molecule has 0 unspecified atom stereocenters. The standard InChI is InChI=1S/C27H36Cl2N2O3/c1-7-18(3)30-26(33)24(8-2)31(16-21-22(28)10-9-11-23(21)29)25(32)17-34-20-14-12-19(13-15-20)27(4,5)6/h9-15,18,24H,7-8,16-17H2,1-6H3,(H,30,33)/t18-,24-/m0/s1. The van der Waals surface area contributed by atoms with Crippen LogP contribution in [-0.4, -0.2) is 35.4 Å². The quantitative estimate of drug-likeness (QED) is 0.405. The van der Waals surface area contributed by atoms with Crippen LogP contribution in [0.4, 0.5) is 0 Å². The molecule has 0 aromatic heterocycles. The van der Waals surface area contributed by atoms with E-state index in [1.165, 1.54) is 10.5 Å². The Morgan fingerprint density at radius 3 is 2.09 bits per heavy atom. The number of hydrogen-bond donors (Lipinski definition) is 1. The molecule has 7 heteroatoms. The topological polar surface area (TPSA) is 58.6 Å². The summed E-state index contributed by atoms with van der Waals surface area (Å²) in [6.07, 6.45) is 1.23. The Hall–Kier alpha value is -2.24. The van der Waals surface area contributed by atoms with Crippen LogP contribution in [0.1, 0.15) is 65.5 Å². The molecule has 2 aromatic carbocycles. The van der Waals surface area contributed by atoms with Crippen molar-refractivity contribution in [2.75, 3.05) is 6.61 Å². The third kappa shape index (κ3) is 7.64. The molecule has 2 atom stereocenters. The van der Waals surface area contributed by atoms with Crippen LogP contribution in [0.5, 0.6) is 5.75 Å². The van der Waals surface area contributed by atoms with Gasteiger partial charge in [0.2, 0.25) is 5.91 Å². The van der Waals surface area contributed by atoms with E-state index in [2.05, 4.69) is 26.1 Å². The molecule has 0 aliphatic carbocycles. The fraction of sp³-hybridized carbons (Fsp3) is 0.481. The Balaban J connectivity index is 2.26. The molecule has 0 fully saturated rings. The normalized spacial score (nSPS) is 13.2. The number of ether oxygens (including phenoxy) is 1. The lowest BCUT2D eigenvalue weighted by molar-refractivity contribution is -0.143.